The van der Waals surface area contributed by atoms with E-state index in [-0.39, 0.29) is 18.5 Å². The van der Waals surface area contributed by atoms with Crippen molar-refractivity contribution in [2.24, 2.45) is 0 Å². The smallest absolute Gasteiger partial charge is 0.313 e. The van der Waals surface area contributed by atoms with Crippen LogP contribution in [0.3, 0.4) is 0 Å². The molecular formula is C22H25N3O4. The SMILES string of the molecule is COc1cccc(CNC(=O)C(=O)Nc2ccccc2C(=O)NC2CCCC2)c1. The summed E-state index contributed by atoms with van der Waals surface area (Å²) in [4.78, 5) is 37.0. The van der Waals surface area contributed by atoms with Crippen molar-refractivity contribution in [3.63, 3.8) is 0 Å². The Kier molecular flexibility index (Phi) is 6.84. The number of para-hydroxylation sites is 1. The molecule has 7 heteroatoms. The van der Waals surface area contributed by atoms with Gasteiger partial charge in [-0.2, -0.15) is 0 Å². The molecule has 0 heterocycles. The largest absolute Gasteiger partial charge is 0.497 e. The van der Waals surface area contributed by atoms with Crippen LogP contribution in [0.5, 0.6) is 5.75 Å². The van der Waals surface area contributed by atoms with Crippen LogP contribution in [-0.4, -0.2) is 30.9 Å². The maximum atomic E-state index is 12.6. The highest BCUT2D eigenvalue weighted by Crippen LogP contribution is 2.20. The van der Waals surface area contributed by atoms with E-state index in [0.29, 0.717) is 17.0 Å². The number of carbonyl (C=O) groups is 3. The molecule has 152 valence electrons. The zero-order chi connectivity index (χ0) is 20.6. The lowest BCUT2D eigenvalue weighted by Gasteiger charge is -2.15. The lowest BCUT2D eigenvalue weighted by molar-refractivity contribution is -0.136. The second-order valence-electron chi connectivity index (χ2n) is 6.99. The average Bonchev–Trinajstić information content (AvgIpc) is 3.25. The van der Waals surface area contributed by atoms with Crippen LogP contribution < -0.4 is 20.7 Å². The minimum absolute atomic E-state index is 0.164. The van der Waals surface area contributed by atoms with Gasteiger partial charge in [0.2, 0.25) is 0 Å². The van der Waals surface area contributed by atoms with Crippen LogP contribution in [0.1, 0.15) is 41.6 Å². The molecule has 2 aromatic rings. The Morgan fingerprint density at radius 1 is 1.00 bits per heavy atom. The van der Waals surface area contributed by atoms with Crippen molar-refractivity contribution in [1.29, 1.82) is 0 Å². The zero-order valence-corrected chi connectivity index (χ0v) is 16.4. The lowest BCUT2D eigenvalue weighted by atomic mass is 10.1. The van der Waals surface area contributed by atoms with Crippen LogP contribution in [0, 0.1) is 0 Å². The van der Waals surface area contributed by atoms with Gasteiger partial charge in [-0.05, 0) is 42.7 Å². The summed E-state index contributed by atoms with van der Waals surface area (Å²) in [6, 6.07) is 14.0. The summed E-state index contributed by atoms with van der Waals surface area (Å²) in [5.74, 6) is -1.18. The average molecular weight is 395 g/mol. The first-order valence-electron chi connectivity index (χ1n) is 9.69. The number of methoxy groups -OCH3 is 1. The first kappa shape index (κ1) is 20.4. The van der Waals surface area contributed by atoms with Gasteiger partial charge >= 0.3 is 11.8 Å². The van der Waals surface area contributed by atoms with Crippen molar-refractivity contribution in [3.8, 4) is 5.75 Å². The van der Waals surface area contributed by atoms with Crippen LogP contribution in [0.15, 0.2) is 48.5 Å². The molecule has 0 atom stereocenters. The highest BCUT2D eigenvalue weighted by Gasteiger charge is 2.21. The van der Waals surface area contributed by atoms with Gasteiger partial charge in [0.25, 0.3) is 5.91 Å². The normalized spacial score (nSPS) is 13.6. The molecule has 1 saturated carbocycles. The molecule has 1 fully saturated rings. The summed E-state index contributed by atoms with van der Waals surface area (Å²) < 4.78 is 5.14. The maximum absolute atomic E-state index is 12.6. The molecule has 0 aliphatic heterocycles. The molecule has 0 spiro atoms. The number of amides is 3. The lowest BCUT2D eigenvalue weighted by Crippen LogP contribution is -2.36. The van der Waals surface area contributed by atoms with E-state index in [1.54, 1.807) is 49.6 Å². The topological polar surface area (TPSA) is 96.5 Å². The van der Waals surface area contributed by atoms with E-state index in [9.17, 15) is 14.4 Å². The van der Waals surface area contributed by atoms with Crippen LogP contribution in [0.2, 0.25) is 0 Å². The molecule has 29 heavy (non-hydrogen) atoms. The Labute approximate surface area is 169 Å². The molecule has 0 bridgehead atoms. The Bertz CT molecular complexity index is 891. The molecule has 0 unspecified atom stereocenters. The van der Waals surface area contributed by atoms with Crippen molar-refractivity contribution >= 4 is 23.4 Å². The number of benzene rings is 2. The number of hydrogen-bond donors (Lipinski definition) is 3. The summed E-state index contributed by atoms with van der Waals surface area (Å²) in [7, 11) is 1.56. The summed E-state index contributed by atoms with van der Waals surface area (Å²) in [6.07, 6.45) is 4.15. The van der Waals surface area contributed by atoms with Crippen LogP contribution in [0.4, 0.5) is 5.69 Å². The molecule has 3 amide bonds. The molecule has 2 aromatic carbocycles. The number of rotatable bonds is 6. The van der Waals surface area contributed by atoms with Gasteiger partial charge in [0.05, 0.1) is 18.4 Å². The van der Waals surface area contributed by atoms with E-state index < -0.39 is 11.8 Å². The fraction of sp³-hybridized carbons (Fsp3) is 0.318. The predicted molar refractivity (Wildman–Crippen MR) is 110 cm³/mol. The van der Waals surface area contributed by atoms with E-state index in [1.165, 1.54) is 0 Å². The van der Waals surface area contributed by atoms with Crippen LogP contribution in [-0.2, 0) is 16.1 Å². The summed E-state index contributed by atoms with van der Waals surface area (Å²) >= 11 is 0. The fourth-order valence-corrected chi connectivity index (χ4v) is 3.35. The highest BCUT2D eigenvalue weighted by atomic mass is 16.5. The summed E-state index contributed by atoms with van der Waals surface area (Å²) in [5, 5.41) is 8.10. The third-order valence-corrected chi connectivity index (χ3v) is 4.90. The van der Waals surface area contributed by atoms with E-state index >= 15 is 0 Å². The van der Waals surface area contributed by atoms with Gasteiger partial charge in [0, 0.05) is 12.6 Å². The Hall–Kier alpha value is -3.35. The van der Waals surface area contributed by atoms with Crippen molar-refractivity contribution < 1.29 is 19.1 Å². The van der Waals surface area contributed by atoms with Crippen LogP contribution >= 0.6 is 0 Å². The number of nitrogens with one attached hydrogen (secondary N) is 3. The number of hydrogen-bond acceptors (Lipinski definition) is 4. The van der Waals surface area contributed by atoms with Crippen molar-refractivity contribution in [2.45, 2.75) is 38.3 Å². The third kappa shape index (κ3) is 5.57. The van der Waals surface area contributed by atoms with E-state index in [1.807, 2.05) is 6.07 Å². The summed E-state index contributed by atoms with van der Waals surface area (Å²) in [5.41, 5.74) is 1.46. The molecule has 1 aliphatic rings. The van der Waals surface area contributed by atoms with Gasteiger partial charge in [-0.3, -0.25) is 14.4 Å². The fourth-order valence-electron chi connectivity index (χ4n) is 3.35. The van der Waals surface area contributed by atoms with E-state index in [4.69, 9.17) is 4.74 Å². The first-order valence-corrected chi connectivity index (χ1v) is 9.69. The Balaban J connectivity index is 1.59. The first-order chi connectivity index (χ1) is 14.1. The standard InChI is InChI=1S/C22H25N3O4/c1-29-17-10-6-7-15(13-17)14-23-21(27)22(28)25-19-12-5-4-11-18(19)20(26)24-16-8-2-3-9-16/h4-7,10-13,16H,2-3,8-9,14H2,1H3,(H,23,27)(H,24,26)(H,25,28). The molecule has 0 saturated heterocycles. The molecule has 0 aromatic heterocycles. The van der Waals surface area contributed by atoms with Gasteiger partial charge < -0.3 is 20.7 Å². The highest BCUT2D eigenvalue weighted by molar-refractivity contribution is 6.40. The van der Waals surface area contributed by atoms with Crippen molar-refractivity contribution in [3.05, 3.63) is 59.7 Å². The second-order valence-corrected chi connectivity index (χ2v) is 6.99. The Morgan fingerprint density at radius 2 is 1.76 bits per heavy atom. The number of ether oxygens (including phenoxy) is 1. The molecule has 7 nitrogen and oxygen atoms in total. The number of anilines is 1. The van der Waals surface area contributed by atoms with E-state index in [2.05, 4.69) is 16.0 Å². The van der Waals surface area contributed by atoms with Gasteiger partial charge in [-0.1, -0.05) is 37.1 Å². The zero-order valence-electron chi connectivity index (χ0n) is 16.4. The predicted octanol–water partition coefficient (Wildman–Crippen LogP) is 2.62. The second kappa shape index (κ2) is 9.73. The van der Waals surface area contributed by atoms with E-state index in [0.717, 1.165) is 31.2 Å². The molecule has 3 rings (SSSR count). The minimum atomic E-state index is -0.825. The number of carbonyl (C=O) groups excluding carboxylic acids is 3. The molecule has 1 aliphatic carbocycles. The van der Waals surface area contributed by atoms with Gasteiger partial charge in [0.1, 0.15) is 5.75 Å². The minimum Gasteiger partial charge on any atom is -0.497 e. The monoisotopic (exact) mass is 395 g/mol. The summed E-state index contributed by atoms with van der Waals surface area (Å²) in [6.45, 7) is 0.188. The van der Waals surface area contributed by atoms with Gasteiger partial charge in [0.15, 0.2) is 0 Å². The molecule has 3 N–H and O–H groups in total. The quantitative estimate of drug-likeness (QED) is 0.655. The van der Waals surface area contributed by atoms with Crippen molar-refractivity contribution in [1.82, 2.24) is 10.6 Å². The van der Waals surface area contributed by atoms with Gasteiger partial charge in [-0.15, -0.1) is 0 Å². The third-order valence-electron chi connectivity index (χ3n) is 4.90. The molecular weight excluding hydrogens is 370 g/mol. The van der Waals surface area contributed by atoms with Crippen LogP contribution in [0.25, 0.3) is 0 Å². The maximum Gasteiger partial charge on any atom is 0.313 e. The Morgan fingerprint density at radius 3 is 2.52 bits per heavy atom. The van der Waals surface area contributed by atoms with Gasteiger partial charge in [-0.25, -0.2) is 0 Å². The molecule has 0 radical (unpaired) electrons. The van der Waals surface area contributed by atoms with Crippen molar-refractivity contribution in [2.75, 3.05) is 12.4 Å².